The third-order valence-corrected chi connectivity index (χ3v) is 9.07. The van der Waals surface area contributed by atoms with Gasteiger partial charge in [-0.2, -0.15) is 4.98 Å². The predicted molar refractivity (Wildman–Crippen MR) is 192 cm³/mol. The minimum Gasteiger partial charge on any atom is -0.504 e. The Bertz CT molecular complexity index is 2870. The molecule has 0 aliphatic carbocycles. The normalized spacial score (nSPS) is 11.8. The molecular weight excluding hydrogens is 610 g/mol. The van der Waals surface area contributed by atoms with E-state index in [0.717, 1.165) is 66.3 Å². The molecule has 0 aliphatic heterocycles. The van der Waals surface area contributed by atoms with Gasteiger partial charge in [0.2, 0.25) is 5.75 Å². The summed E-state index contributed by atoms with van der Waals surface area (Å²) in [7, 11) is 0. The number of phenols is 1. The first kappa shape index (κ1) is 27.3. The molecule has 0 unspecified atom stereocenters. The van der Waals surface area contributed by atoms with Crippen LogP contribution in [0.4, 0.5) is 0 Å². The third kappa shape index (κ3) is 4.22. The maximum absolute atomic E-state index is 11.1. The molecule has 7 nitrogen and oxygen atoms in total. The molecule has 232 valence electrons. The van der Waals surface area contributed by atoms with E-state index in [1.165, 1.54) is 0 Å². The van der Waals surface area contributed by atoms with Crippen molar-refractivity contribution in [2.24, 2.45) is 0 Å². The van der Waals surface area contributed by atoms with E-state index in [1.807, 2.05) is 114 Å². The first-order valence-electron chi connectivity index (χ1n) is 16.0. The lowest BCUT2D eigenvalue weighted by Gasteiger charge is -2.11. The van der Waals surface area contributed by atoms with Crippen molar-refractivity contribution < 1.29 is 18.7 Å². The third-order valence-electron chi connectivity index (χ3n) is 9.07. The number of aromatic hydroxyl groups is 1. The van der Waals surface area contributed by atoms with Crippen LogP contribution >= 0.6 is 0 Å². The monoisotopic (exact) mass is 635 g/mol. The molecule has 4 aromatic heterocycles. The highest BCUT2D eigenvalue weighted by Crippen LogP contribution is 2.45. The number of fused-ring (bicyclic) bond motifs is 7. The van der Waals surface area contributed by atoms with Crippen molar-refractivity contribution in [3.05, 3.63) is 146 Å². The highest BCUT2D eigenvalue weighted by molar-refractivity contribution is 6.13. The maximum atomic E-state index is 11.1. The van der Waals surface area contributed by atoms with Crippen LogP contribution in [0.5, 0.6) is 17.5 Å². The smallest absolute Gasteiger partial charge is 0.307 e. The van der Waals surface area contributed by atoms with Gasteiger partial charge in [0.1, 0.15) is 22.3 Å². The molecule has 7 heteroatoms. The van der Waals surface area contributed by atoms with Crippen LogP contribution in [0.25, 0.3) is 83.0 Å². The summed E-state index contributed by atoms with van der Waals surface area (Å²) in [6.07, 6.45) is 1.80. The topological polar surface area (TPSA) is 86.5 Å². The fourth-order valence-corrected chi connectivity index (χ4v) is 6.84. The molecule has 0 bridgehead atoms. The van der Waals surface area contributed by atoms with Crippen LogP contribution in [0.3, 0.4) is 0 Å². The van der Waals surface area contributed by atoms with E-state index in [1.54, 1.807) is 12.3 Å². The van der Waals surface area contributed by atoms with Crippen LogP contribution in [0.15, 0.2) is 155 Å². The minimum absolute atomic E-state index is 0.0505. The van der Waals surface area contributed by atoms with Crippen molar-refractivity contribution >= 4 is 54.9 Å². The standard InChI is InChI=1S/C42H25N3O4/c46-35-21-20-30-27-13-4-6-18-36(27)48-40(30)41(35)49-42-44-38-29(15-10-17-34(38)45(42)26-11-2-1-3-12-26)32-24-25(33-16-8-9-22-43-33)23-31-28-14-5-7-19-37(28)47-39(31)32/h1-24,46H. The molecular formula is C42H25N3O4. The van der Waals surface area contributed by atoms with Crippen molar-refractivity contribution in [3.8, 4) is 45.6 Å². The molecule has 0 atom stereocenters. The first-order chi connectivity index (χ1) is 24.2. The van der Waals surface area contributed by atoms with Crippen LogP contribution in [0.1, 0.15) is 0 Å². The largest absolute Gasteiger partial charge is 0.504 e. The second kappa shape index (κ2) is 10.6. The number of ether oxygens (including phenoxy) is 1. The van der Waals surface area contributed by atoms with E-state index in [2.05, 4.69) is 29.2 Å². The second-order valence-electron chi connectivity index (χ2n) is 11.9. The lowest BCUT2D eigenvalue weighted by atomic mass is 9.96. The summed E-state index contributed by atoms with van der Waals surface area (Å²) in [5.74, 6) is 0.144. The Balaban J connectivity index is 1.25. The van der Waals surface area contributed by atoms with Gasteiger partial charge in [0.15, 0.2) is 11.3 Å². The lowest BCUT2D eigenvalue weighted by Crippen LogP contribution is -1.98. The summed E-state index contributed by atoms with van der Waals surface area (Å²) in [6, 6.07) is 45.8. The minimum atomic E-state index is -0.0505. The van der Waals surface area contributed by atoms with Crippen LogP contribution < -0.4 is 4.74 Å². The zero-order valence-electron chi connectivity index (χ0n) is 25.9. The van der Waals surface area contributed by atoms with E-state index in [4.69, 9.17) is 18.6 Å². The number of aromatic nitrogens is 3. The summed E-state index contributed by atoms with van der Waals surface area (Å²) in [5.41, 5.74) is 8.66. The number of phenolic OH excluding ortho intramolecular Hbond substituents is 1. The number of benzene rings is 6. The number of pyridine rings is 1. The van der Waals surface area contributed by atoms with E-state index < -0.39 is 0 Å². The van der Waals surface area contributed by atoms with Gasteiger partial charge in [-0.15, -0.1) is 0 Å². The van der Waals surface area contributed by atoms with Gasteiger partial charge >= 0.3 is 6.01 Å². The van der Waals surface area contributed by atoms with Crippen LogP contribution in [0.2, 0.25) is 0 Å². The number of rotatable bonds is 5. The average molecular weight is 636 g/mol. The molecule has 0 fully saturated rings. The molecule has 0 saturated heterocycles. The lowest BCUT2D eigenvalue weighted by molar-refractivity contribution is 0.388. The molecule has 0 aliphatic rings. The van der Waals surface area contributed by atoms with E-state index in [0.29, 0.717) is 16.7 Å². The van der Waals surface area contributed by atoms with Gasteiger partial charge in [-0.1, -0.05) is 72.8 Å². The van der Waals surface area contributed by atoms with Gasteiger partial charge in [0.05, 0.1) is 16.9 Å². The van der Waals surface area contributed by atoms with Crippen LogP contribution in [-0.2, 0) is 0 Å². The summed E-state index contributed by atoms with van der Waals surface area (Å²) < 4.78 is 21.4. The summed E-state index contributed by atoms with van der Waals surface area (Å²) in [4.78, 5) is 9.82. The molecule has 10 rings (SSSR count). The SMILES string of the molecule is Oc1ccc2c(oc3ccccc32)c1Oc1nc2c(-c3cc(-c4ccccn4)cc4c3oc3ccccc34)cccc2n1-c1ccccc1. The van der Waals surface area contributed by atoms with Crippen molar-refractivity contribution in [2.45, 2.75) is 0 Å². The summed E-state index contributed by atoms with van der Waals surface area (Å²) >= 11 is 0. The van der Waals surface area contributed by atoms with Gasteiger partial charge in [-0.3, -0.25) is 9.55 Å². The van der Waals surface area contributed by atoms with E-state index in [-0.39, 0.29) is 17.5 Å². The molecule has 0 radical (unpaired) electrons. The van der Waals surface area contributed by atoms with Gasteiger partial charge in [0.25, 0.3) is 0 Å². The zero-order valence-corrected chi connectivity index (χ0v) is 25.9. The predicted octanol–water partition coefficient (Wildman–Crippen LogP) is 11.1. The average Bonchev–Trinajstić information content (AvgIpc) is 3.84. The van der Waals surface area contributed by atoms with E-state index in [9.17, 15) is 5.11 Å². The fraction of sp³-hybridized carbons (Fsp3) is 0. The maximum Gasteiger partial charge on any atom is 0.307 e. The van der Waals surface area contributed by atoms with Crippen molar-refractivity contribution in [2.75, 3.05) is 0 Å². The number of hydrogen-bond donors (Lipinski definition) is 1. The first-order valence-corrected chi connectivity index (χ1v) is 16.0. The molecule has 10 aromatic rings. The molecule has 49 heavy (non-hydrogen) atoms. The Kier molecular flexibility index (Phi) is 5.89. The molecule has 0 saturated carbocycles. The number of para-hydroxylation sites is 4. The van der Waals surface area contributed by atoms with Gasteiger partial charge < -0.3 is 18.7 Å². The van der Waals surface area contributed by atoms with Gasteiger partial charge in [0, 0.05) is 44.4 Å². The Morgan fingerprint density at radius 2 is 1.33 bits per heavy atom. The molecule has 0 amide bonds. The molecule has 6 aromatic carbocycles. The highest BCUT2D eigenvalue weighted by atomic mass is 16.5. The van der Waals surface area contributed by atoms with Crippen molar-refractivity contribution in [1.29, 1.82) is 0 Å². The van der Waals surface area contributed by atoms with E-state index >= 15 is 0 Å². The van der Waals surface area contributed by atoms with Crippen molar-refractivity contribution in [1.82, 2.24) is 14.5 Å². The number of nitrogens with zero attached hydrogens (tertiary/aromatic N) is 3. The Morgan fingerprint density at radius 1 is 0.592 bits per heavy atom. The molecule has 1 N–H and O–H groups in total. The number of hydrogen-bond acceptors (Lipinski definition) is 6. The quantitative estimate of drug-likeness (QED) is 0.202. The summed E-state index contributed by atoms with van der Waals surface area (Å²) in [6.45, 7) is 0. The Hall–Kier alpha value is -6.86. The Labute approximate surface area is 278 Å². The highest BCUT2D eigenvalue weighted by Gasteiger charge is 2.24. The molecule has 4 heterocycles. The fourth-order valence-electron chi connectivity index (χ4n) is 6.84. The number of imidazole rings is 1. The molecule has 0 spiro atoms. The van der Waals surface area contributed by atoms with Crippen LogP contribution in [-0.4, -0.2) is 19.6 Å². The van der Waals surface area contributed by atoms with Crippen LogP contribution in [0, 0.1) is 0 Å². The van der Waals surface area contributed by atoms with Crippen molar-refractivity contribution in [3.63, 3.8) is 0 Å². The second-order valence-corrected chi connectivity index (χ2v) is 11.9. The zero-order chi connectivity index (χ0) is 32.5. The Morgan fingerprint density at radius 3 is 2.12 bits per heavy atom. The van der Waals surface area contributed by atoms with Gasteiger partial charge in [-0.05, 0) is 66.7 Å². The van der Waals surface area contributed by atoms with Gasteiger partial charge in [-0.25, -0.2) is 0 Å². The summed E-state index contributed by atoms with van der Waals surface area (Å²) in [5, 5.41) is 14.9. The number of furan rings is 2.